The molecule has 15 heavy (non-hydrogen) atoms. The molecule has 0 aromatic rings. The van der Waals surface area contributed by atoms with E-state index in [0.29, 0.717) is 5.78 Å². The minimum atomic E-state index is 0.475. The van der Waals surface area contributed by atoms with Crippen LogP contribution in [0.4, 0.5) is 0 Å². The lowest BCUT2D eigenvalue weighted by Gasteiger charge is -2.06. The highest BCUT2D eigenvalue weighted by Crippen LogP contribution is 2.10. The molecule has 2 heteroatoms. The average molecular weight is 212 g/mol. The molecule has 1 aliphatic heterocycles. The molecule has 2 nitrogen and oxygen atoms in total. The Morgan fingerprint density at radius 2 is 1.13 bits per heavy atom. The molecule has 1 heterocycles. The van der Waals surface area contributed by atoms with E-state index < -0.39 is 0 Å². The maximum atomic E-state index is 11.4. The zero-order chi connectivity index (χ0) is 10.8. The summed E-state index contributed by atoms with van der Waals surface area (Å²) in [5.41, 5.74) is 0. The van der Waals surface area contributed by atoms with Gasteiger partial charge in [-0.3, -0.25) is 4.79 Å². The molecular formula is C13H24O2. The van der Waals surface area contributed by atoms with E-state index in [2.05, 4.69) is 0 Å². The second kappa shape index (κ2) is 8.90. The Morgan fingerprint density at radius 1 is 0.667 bits per heavy atom. The van der Waals surface area contributed by atoms with Crippen LogP contribution in [0.3, 0.4) is 0 Å². The topological polar surface area (TPSA) is 26.3 Å². The lowest BCUT2D eigenvalue weighted by molar-refractivity contribution is -0.119. The van der Waals surface area contributed by atoms with Gasteiger partial charge in [-0.05, 0) is 25.7 Å². The van der Waals surface area contributed by atoms with Crippen molar-refractivity contribution in [1.29, 1.82) is 0 Å². The smallest absolute Gasteiger partial charge is 0.132 e. The van der Waals surface area contributed by atoms with Crippen LogP contribution in [-0.4, -0.2) is 19.0 Å². The molecule has 0 unspecified atom stereocenters. The van der Waals surface area contributed by atoms with E-state index in [1.54, 1.807) is 0 Å². The highest BCUT2D eigenvalue weighted by molar-refractivity contribution is 5.78. The number of Topliss-reactive ketones (excluding diaryl/α,β-unsaturated/α-hetero) is 1. The number of hydrogen-bond acceptors (Lipinski definition) is 2. The van der Waals surface area contributed by atoms with Crippen molar-refractivity contribution >= 4 is 5.78 Å². The number of carbonyl (C=O) groups excluding carboxylic acids is 1. The Morgan fingerprint density at radius 3 is 1.67 bits per heavy atom. The second-order valence-corrected chi connectivity index (χ2v) is 4.48. The number of ketones is 1. The largest absolute Gasteiger partial charge is 0.381 e. The summed E-state index contributed by atoms with van der Waals surface area (Å²) in [7, 11) is 0. The molecule has 1 aliphatic rings. The summed E-state index contributed by atoms with van der Waals surface area (Å²) in [5.74, 6) is 0.475. The van der Waals surface area contributed by atoms with Gasteiger partial charge >= 0.3 is 0 Å². The Balaban J connectivity index is 2.13. The summed E-state index contributed by atoms with van der Waals surface area (Å²) in [4.78, 5) is 11.4. The maximum absolute atomic E-state index is 11.4. The van der Waals surface area contributed by atoms with E-state index in [0.717, 1.165) is 51.7 Å². The van der Waals surface area contributed by atoms with Gasteiger partial charge in [-0.1, -0.05) is 25.7 Å². The van der Waals surface area contributed by atoms with Crippen LogP contribution in [-0.2, 0) is 9.53 Å². The van der Waals surface area contributed by atoms with E-state index in [-0.39, 0.29) is 0 Å². The van der Waals surface area contributed by atoms with Gasteiger partial charge in [0, 0.05) is 26.1 Å². The maximum Gasteiger partial charge on any atom is 0.132 e. The van der Waals surface area contributed by atoms with Crippen LogP contribution in [0.15, 0.2) is 0 Å². The van der Waals surface area contributed by atoms with Crippen LogP contribution in [0.25, 0.3) is 0 Å². The van der Waals surface area contributed by atoms with Crippen molar-refractivity contribution in [2.45, 2.75) is 64.2 Å². The van der Waals surface area contributed by atoms with Crippen molar-refractivity contribution in [2.75, 3.05) is 13.2 Å². The highest BCUT2D eigenvalue weighted by Gasteiger charge is 2.02. The average Bonchev–Trinajstić information content (AvgIpc) is 2.24. The molecule has 88 valence electrons. The molecule has 1 saturated heterocycles. The minimum absolute atomic E-state index is 0.475. The first kappa shape index (κ1) is 12.7. The summed E-state index contributed by atoms with van der Waals surface area (Å²) in [6.45, 7) is 1.82. The van der Waals surface area contributed by atoms with Gasteiger partial charge in [0.1, 0.15) is 5.78 Å². The van der Waals surface area contributed by atoms with Gasteiger partial charge in [0.25, 0.3) is 0 Å². The first-order valence-corrected chi connectivity index (χ1v) is 6.49. The van der Waals surface area contributed by atoms with Gasteiger partial charge in [-0.15, -0.1) is 0 Å². The van der Waals surface area contributed by atoms with Crippen molar-refractivity contribution in [2.24, 2.45) is 0 Å². The third-order valence-electron chi connectivity index (χ3n) is 2.99. The van der Waals surface area contributed by atoms with E-state index in [1.807, 2.05) is 0 Å². The molecule has 0 aromatic carbocycles. The summed E-state index contributed by atoms with van der Waals surface area (Å²) < 4.78 is 5.53. The van der Waals surface area contributed by atoms with Crippen LogP contribution < -0.4 is 0 Å². The van der Waals surface area contributed by atoms with Crippen molar-refractivity contribution in [3.8, 4) is 0 Å². The Hall–Kier alpha value is -0.370. The Bertz CT molecular complexity index is 150. The number of carbonyl (C=O) groups is 1. The second-order valence-electron chi connectivity index (χ2n) is 4.48. The summed E-state index contributed by atoms with van der Waals surface area (Å²) in [6.07, 6.45) is 10.9. The van der Waals surface area contributed by atoms with Crippen LogP contribution in [0.5, 0.6) is 0 Å². The first-order chi connectivity index (χ1) is 7.39. The molecule has 1 fully saturated rings. The summed E-state index contributed by atoms with van der Waals surface area (Å²) in [6, 6.07) is 0. The third-order valence-corrected chi connectivity index (χ3v) is 2.99. The molecule has 0 amide bonds. The molecule has 0 bridgehead atoms. The molecule has 0 aromatic heterocycles. The zero-order valence-corrected chi connectivity index (χ0v) is 9.80. The molecule has 0 saturated carbocycles. The molecule has 0 radical (unpaired) electrons. The first-order valence-electron chi connectivity index (χ1n) is 6.49. The highest BCUT2D eigenvalue weighted by atomic mass is 16.5. The van der Waals surface area contributed by atoms with E-state index >= 15 is 0 Å². The van der Waals surface area contributed by atoms with Gasteiger partial charge in [-0.25, -0.2) is 0 Å². The fourth-order valence-electron chi connectivity index (χ4n) is 1.99. The molecule has 0 spiro atoms. The summed E-state index contributed by atoms with van der Waals surface area (Å²) in [5, 5.41) is 0. The lowest BCUT2D eigenvalue weighted by atomic mass is 10.0. The van der Waals surface area contributed by atoms with E-state index in [4.69, 9.17) is 4.74 Å². The third kappa shape index (κ3) is 7.55. The normalized spacial score (nSPS) is 23.3. The predicted molar refractivity (Wildman–Crippen MR) is 62.0 cm³/mol. The molecule has 0 N–H and O–H groups in total. The van der Waals surface area contributed by atoms with Crippen LogP contribution >= 0.6 is 0 Å². The van der Waals surface area contributed by atoms with Gasteiger partial charge in [0.05, 0.1) is 0 Å². The van der Waals surface area contributed by atoms with Crippen molar-refractivity contribution in [1.82, 2.24) is 0 Å². The van der Waals surface area contributed by atoms with Crippen molar-refractivity contribution in [3.63, 3.8) is 0 Å². The minimum Gasteiger partial charge on any atom is -0.381 e. The Labute approximate surface area is 93.4 Å². The quantitative estimate of drug-likeness (QED) is 0.614. The predicted octanol–water partition coefficient (Wildman–Crippen LogP) is 3.49. The van der Waals surface area contributed by atoms with Gasteiger partial charge in [-0.2, -0.15) is 0 Å². The van der Waals surface area contributed by atoms with Gasteiger partial charge in [0.2, 0.25) is 0 Å². The van der Waals surface area contributed by atoms with E-state index in [1.165, 1.54) is 25.7 Å². The Kier molecular flexibility index (Phi) is 7.53. The standard InChI is InChI=1S/C13H24O2/c14-13-9-5-1-3-7-11-15-12-8-4-2-6-10-13/h1-12H2. The van der Waals surface area contributed by atoms with Crippen LogP contribution in [0.1, 0.15) is 64.2 Å². The monoisotopic (exact) mass is 212 g/mol. The van der Waals surface area contributed by atoms with Crippen molar-refractivity contribution in [3.05, 3.63) is 0 Å². The fourth-order valence-corrected chi connectivity index (χ4v) is 1.99. The lowest BCUT2D eigenvalue weighted by Crippen LogP contribution is -2.01. The van der Waals surface area contributed by atoms with Crippen LogP contribution in [0, 0.1) is 0 Å². The number of hydrogen-bond donors (Lipinski definition) is 0. The van der Waals surface area contributed by atoms with Gasteiger partial charge in [0.15, 0.2) is 0 Å². The number of rotatable bonds is 0. The molecule has 1 rings (SSSR count). The SMILES string of the molecule is O=C1CCCCCCOCCCCCC1. The molecule has 0 aliphatic carbocycles. The van der Waals surface area contributed by atoms with E-state index in [9.17, 15) is 4.79 Å². The summed E-state index contributed by atoms with van der Waals surface area (Å²) >= 11 is 0. The zero-order valence-electron chi connectivity index (χ0n) is 9.80. The van der Waals surface area contributed by atoms with Gasteiger partial charge < -0.3 is 4.74 Å². The fraction of sp³-hybridized carbons (Fsp3) is 0.923. The molecular weight excluding hydrogens is 188 g/mol. The van der Waals surface area contributed by atoms with Crippen molar-refractivity contribution < 1.29 is 9.53 Å². The number of ether oxygens (including phenoxy) is 1. The van der Waals surface area contributed by atoms with Crippen LogP contribution in [0.2, 0.25) is 0 Å². The molecule has 0 atom stereocenters.